The Balaban J connectivity index is 3.25. The maximum absolute atomic E-state index is 11.4. The van der Waals surface area contributed by atoms with Gasteiger partial charge in [-0.25, -0.2) is 0 Å². The number of primary amides is 1. The highest BCUT2D eigenvalue weighted by Crippen LogP contribution is 2.22. The number of carbonyl (C=O) groups excluding carboxylic acids is 2. The minimum Gasteiger partial charge on any atom is -0.461 e. The van der Waals surface area contributed by atoms with E-state index in [9.17, 15) is 9.59 Å². The highest BCUT2D eigenvalue weighted by Gasteiger charge is 2.15. The van der Waals surface area contributed by atoms with E-state index in [0.717, 1.165) is 22.3 Å². The summed E-state index contributed by atoms with van der Waals surface area (Å²) in [7, 11) is 0. The molecule has 4 nitrogen and oxygen atoms in total. The van der Waals surface area contributed by atoms with E-state index in [-0.39, 0.29) is 12.6 Å². The van der Waals surface area contributed by atoms with Crippen LogP contribution in [0.4, 0.5) is 0 Å². The second kappa shape index (κ2) is 4.99. The Hall–Kier alpha value is -1.84. The molecular formula is C13H17NO3. The van der Waals surface area contributed by atoms with E-state index in [1.807, 2.05) is 26.8 Å². The monoisotopic (exact) mass is 235 g/mol. The van der Waals surface area contributed by atoms with Crippen LogP contribution in [0.1, 0.15) is 39.5 Å². The summed E-state index contributed by atoms with van der Waals surface area (Å²) in [6, 6.07) is 1.88. The molecule has 0 atom stereocenters. The lowest BCUT2D eigenvalue weighted by atomic mass is 9.93. The van der Waals surface area contributed by atoms with Crippen molar-refractivity contribution in [1.29, 1.82) is 0 Å². The van der Waals surface area contributed by atoms with Gasteiger partial charge < -0.3 is 10.5 Å². The Morgan fingerprint density at radius 2 is 1.82 bits per heavy atom. The molecule has 17 heavy (non-hydrogen) atoms. The van der Waals surface area contributed by atoms with Crippen molar-refractivity contribution in [3.8, 4) is 0 Å². The molecule has 0 radical (unpaired) electrons. The smallest absolute Gasteiger partial charge is 0.302 e. The van der Waals surface area contributed by atoms with Crippen LogP contribution in [0.15, 0.2) is 6.07 Å². The van der Waals surface area contributed by atoms with Gasteiger partial charge in [-0.1, -0.05) is 6.07 Å². The molecule has 1 aromatic carbocycles. The van der Waals surface area contributed by atoms with Crippen LogP contribution in [0.2, 0.25) is 0 Å². The largest absolute Gasteiger partial charge is 0.461 e. The molecule has 0 unspecified atom stereocenters. The number of ether oxygens (including phenoxy) is 1. The minimum absolute atomic E-state index is 0.174. The molecule has 0 aliphatic carbocycles. The average Bonchev–Trinajstić information content (AvgIpc) is 2.14. The Kier molecular flexibility index (Phi) is 3.89. The van der Waals surface area contributed by atoms with Gasteiger partial charge in [0, 0.05) is 12.5 Å². The molecule has 0 saturated heterocycles. The predicted octanol–water partition coefficient (Wildman–Crippen LogP) is 1.77. The van der Waals surface area contributed by atoms with Gasteiger partial charge in [0.2, 0.25) is 5.91 Å². The zero-order chi connectivity index (χ0) is 13.2. The van der Waals surface area contributed by atoms with E-state index in [1.54, 1.807) is 0 Å². The van der Waals surface area contributed by atoms with Gasteiger partial charge in [-0.05, 0) is 43.0 Å². The molecule has 4 heteroatoms. The lowest BCUT2D eigenvalue weighted by Crippen LogP contribution is -2.17. The first kappa shape index (κ1) is 13.2. The zero-order valence-electron chi connectivity index (χ0n) is 10.6. The van der Waals surface area contributed by atoms with Crippen LogP contribution < -0.4 is 5.73 Å². The molecular weight excluding hydrogens is 218 g/mol. The number of hydrogen-bond acceptors (Lipinski definition) is 3. The Morgan fingerprint density at radius 3 is 2.29 bits per heavy atom. The van der Waals surface area contributed by atoms with E-state index in [4.69, 9.17) is 10.5 Å². The highest BCUT2D eigenvalue weighted by molar-refractivity contribution is 5.96. The first-order valence-electron chi connectivity index (χ1n) is 5.37. The zero-order valence-corrected chi connectivity index (χ0v) is 10.6. The van der Waals surface area contributed by atoms with Crippen LogP contribution in [-0.4, -0.2) is 11.9 Å². The number of esters is 1. The van der Waals surface area contributed by atoms with Crippen molar-refractivity contribution in [2.24, 2.45) is 5.73 Å². The average molecular weight is 235 g/mol. The van der Waals surface area contributed by atoms with Gasteiger partial charge in [0.15, 0.2) is 0 Å². The van der Waals surface area contributed by atoms with Crippen molar-refractivity contribution in [3.05, 3.63) is 33.9 Å². The maximum Gasteiger partial charge on any atom is 0.302 e. The minimum atomic E-state index is -0.455. The van der Waals surface area contributed by atoms with Gasteiger partial charge >= 0.3 is 5.97 Å². The Bertz CT molecular complexity index is 478. The lowest BCUT2D eigenvalue weighted by molar-refractivity contribution is -0.142. The fourth-order valence-electron chi connectivity index (χ4n) is 2.00. The Morgan fingerprint density at radius 1 is 1.24 bits per heavy atom. The Labute approximate surface area is 101 Å². The van der Waals surface area contributed by atoms with Gasteiger partial charge in [0.25, 0.3) is 0 Å². The molecule has 2 N–H and O–H groups in total. The van der Waals surface area contributed by atoms with Crippen molar-refractivity contribution >= 4 is 11.9 Å². The van der Waals surface area contributed by atoms with Crippen molar-refractivity contribution in [1.82, 2.24) is 0 Å². The number of nitrogens with two attached hydrogens (primary N) is 1. The molecule has 0 fully saturated rings. The van der Waals surface area contributed by atoms with E-state index in [0.29, 0.717) is 5.56 Å². The van der Waals surface area contributed by atoms with Gasteiger partial charge in [-0.3, -0.25) is 9.59 Å². The third-order valence-corrected chi connectivity index (χ3v) is 2.80. The van der Waals surface area contributed by atoms with Gasteiger partial charge in [-0.15, -0.1) is 0 Å². The van der Waals surface area contributed by atoms with Crippen LogP contribution in [0, 0.1) is 20.8 Å². The van der Waals surface area contributed by atoms with Crippen molar-refractivity contribution in [2.75, 3.05) is 0 Å². The fraction of sp³-hybridized carbons (Fsp3) is 0.385. The molecule has 92 valence electrons. The molecule has 1 aromatic rings. The summed E-state index contributed by atoms with van der Waals surface area (Å²) in [4.78, 5) is 22.2. The summed E-state index contributed by atoms with van der Waals surface area (Å²) in [5.74, 6) is -0.797. The van der Waals surface area contributed by atoms with Crippen LogP contribution >= 0.6 is 0 Å². The third kappa shape index (κ3) is 2.84. The molecule has 0 aliphatic heterocycles. The third-order valence-electron chi connectivity index (χ3n) is 2.80. The second-order valence-electron chi connectivity index (χ2n) is 4.13. The van der Waals surface area contributed by atoms with Gasteiger partial charge in [-0.2, -0.15) is 0 Å². The van der Waals surface area contributed by atoms with Gasteiger partial charge in [0.1, 0.15) is 6.61 Å². The summed E-state index contributed by atoms with van der Waals surface area (Å²) in [5, 5.41) is 0. The second-order valence-corrected chi connectivity index (χ2v) is 4.13. The maximum atomic E-state index is 11.4. The number of carbonyl (C=O) groups is 2. The number of rotatable bonds is 3. The topological polar surface area (TPSA) is 69.4 Å². The normalized spacial score (nSPS) is 10.1. The summed E-state index contributed by atoms with van der Waals surface area (Å²) < 4.78 is 4.97. The summed E-state index contributed by atoms with van der Waals surface area (Å²) >= 11 is 0. The molecule has 1 amide bonds. The SMILES string of the molecule is CC(=O)OCc1c(C)cc(C)c(C(N)=O)c1C. The van der Waals surface area contributed by atoms with Crippen molar-refractivity contribution in [3.63, 3.8) is 0 Å². The van der Waals surface area contributed by atoms with Crippen molar-refractivity contribution in [2.45, 2.75) is 34.3 Å². The van der Waals surface area contributed by atoms with Crippen LogP contribution in [-0.2, 0) is 16.1 Å². The molecule has 0 spiro atoms. The van der Waals surface area contributed by atoms with Gasteiger partial charge in [0.05, 0.1) is 0 Å². The van der Waals surface area contributed by atoms with E-state index in [1.165, 1.54) is 6.92 Å². The first-order valence-corrected chi connectivity index (χ1v) is 5.37. The fourth-order valence-corrected chi connectivity index (χ4v) is 2.00. The standard InChI is InChI=1S/C13H17NO3/c1-7-5-8(2)12(13(14)16)9(3)11(7)6-17-10(4)15/h5H,6H2,1-4H3,(H2,14,16). The highest BCUT2D eigenvalue weighted by atomic mass is 16.5. The summed E-state index contributed by atoms with van der Waals surface area (Å²) in [5.41, 5.74) is 9.33. The number of benzene rings is 1. The quantitative estimate of drug-likeness (QED) is 0.812. The number of aryl methyl sites for hydroxylation is 2. The van der Waals surface area contributed by atoms with Crippen LogP contribution in [0.25, 0.3) is 0 Å². The molecule has 0 bridgehead atoms. The molecule has 1 rings (SSSR count). The lowest BCUT2D eigenvalue weighted by Gasteiger charge is -2.15. The summed E-state index contributed by atoms with van der Waals surface area (Å²) in [6.07, 6.45) is 0. The molecule has 0 aromatic heterocycles. The molecule has 0 aliphatic rings. The van der Waals surface area contributed by atoms with E-state index < -0.39 is 5.91 Å². The predicted molar refractivity (Wildman–Crippen MR) is 64.6 cm³/mol. The molecule has 0 saturated carbocycles. The van der Waals surface area contributed by atoms with Crippen LogP contribution in [0.3, 0.4) is 0 Å². The van der Waals surface area contributed by atoms with Crippen molar-refractivity contribution < 1.29 is 14.3 Å². The number of hydrogen-bond donors (Lipinski definition) is 1. The molecule has 0 heterocycles. The van der Waals surface area contributed by atoms with Crippen LogP contribution in [0.5, 0.6) is 0 Å². The van der Waals surface area contributed by atoms with E-state index >= 15 is 0 Å². The number of amides is 1. The first-order chi connectivity index (χ1) is 7.84. The van der Waals surface area contributed by atoms with E-state index in [2.05, 4.69) is 0 Å². The summed E-state index contributed by atoms with van der Waals surface area (Å²) in [6.45, 7) is 7.11.